The van der Waals surface area contributed by atoms with E-state index in [0.717, 1.165) is 35.7 Å². The van der Waals surface area contributed by atoms with Crippen LogP contribution in [-0.2, 0) is 17.5 Å². The summed E-state index contributed by atoms with van der Waals surface area (Å²) in [5, 5.41) is 16.6. The third-order valence-corrected chi connectivity index (χ3v) is 7.88. The summed E-state index contributed by atoms with van der Waals surface area (Å²) in [6, 6.07) is 14.9. The molecular formula is C32H31F3N8O3. The maximum atomic E-state index is 13.0. The first-order chi connectivity index (χ1) is 22.1. The number of carbonyl (C=O) groups is 2. The third kappa shape index (κ3) is 6.76. The zero-order chi connectivity index (χ0) is 32.4. The van der Waals surface area contributed by atoms with Crippen LogP contribution in [0.5, 0.6) is 5.75 Å². The normalized spacial score (nSPS) is 15.2. The Hall–Kier alpha value is -5.11. The summed E-state index contributed by atoms with van der Waals surface area (Å²) in [6.07, 6.45) is -1.05. The van der Waals surface area contributed by atoms with Crippen LogP contribution in [0.1, 0.15) is 46.3 Å². The van der Waals surface area contributed by atoms with Gasteiger partial charge in [0.25, 0.3) is 5.91 Å². The van der Waals surface area contributed by atoms with Crippen LogP contribution in [0.2, 0.25) is 0 Å². The van der Waals surface area contributed by atoms with E-state index in [1.165, 1.54) is 13.1 Å². The molecule has 6 rings (SSSR count). The van der Waals surface area contributed by atoms with Gasteiger partial charge < -0.3 is 20.7 Å². The molecule has 1 aliphatic heterocycles. The molecule has 1 aromatic carbocycles. The maximum Gasteiger partial charge on any atom is 0.433 e. The number of aromatic nitrogens is 4. The summed E-state index contributed by atoms with van der Waals surface area (Å²) in [5.41, 5.74) is 2.85. The molecule has 238 valence electrons. The number of para-hydroxylation sites is 1. The molecule has 11 nitrogen and oxygen atoms in total. The molecule has 1 saturated carbocycles. The predicted octanol–water partition coefficient (Wildman–Crippen LogP) is 5.01. The van der Waals surface area contributed by atoms with Gasteiger partial charge in [0.2, 0.25) is 5.91 Å². The van der Waals surface area contributed by atoms with Gasteiger partial charge in [-0.1, -0.05) is 24.3 Å². The quantitative estimate of drug-likeness (QED) is 0.221. The first-order valence-electron chi connectivity index (χ1n) is 14.7. The number of likely N-dealkylation sites (tertiary alicyclic amines) is 1. The van der Waals surface area contributed by atoms with Crippen molar-refractivity contribution in [2.75, 3.05) is 37.9 Å². The Morgan fingerprint density at radius 2 is 1.80 bits per heavy atom. The van der Waals surface area contributed by atoms with Gasteiger partial charge in [0.15, 0.2) is 11.5 Å². The Labute approximate surface area is 262 Å². The lowest BCUT2D eigenvalue weighted by Gasteiger charge is -2.38. The van der Waals surface area contributed by atoms with Crippen molar-refractivity contribution in [1.82, 2.24) is 30.4 Å². The molecular weight excluding hydrogens is 601 g/mol. The van der Waals surface area contributed by atoms with Crippen molar-refractivity contribution in [3.63, 3.8) is 0 Å². The second kappa shape index (κ2) is 12.7. The van der Waals surface area contributed by atoms with Crippen LogP contribution in [0.25, 0.3) is 11.1 Å². The van der Waals surface area contributed by atoms with Crippen LogP contribution in [0.3, 0.4) is 0 Å². The Balaban J connectivity index is 1.16. The molecule has 14 heteroatoms. The van der Waals surface area contributed by atoms with Crippen LogP contribution < -0.4 is 20.7 Å². The predicted molar refractivity (Wildman–Crippen MR) is 164 cm³/mol. The van der Waals surface area contributed by atoms with Crippen molar-refractivity contribution in [2.45, 2.75) is 31.5 Å². The number of alkyl halides is 3. The Kier molecular flexibility index (Phi) is 8.54. The molecule has 0 bridgehead atoms. The van der Waals surface area contributed by atoms with Crippen LogP contribution in [0.4, 0.5) is 30.4 Å². The minimum Gasteiger partial charge on any atom is -0.494 e. The molecule has 2 fully saturated rings. The van der Waals surface area contributed by atoms with Crippen LogP contribution in [0.15, 0.2) is 60.8 Å². The lowest BCUT2D eigenvalue weighted by atomic mass is 9.94. The number of hydrogen-bond donors (Lipinski definition) is 3. The van der Waals surface area contributed by atoms with E-state index in [2.05, 4.69) is 36.1 Å². The smallest absolute Gasteiger partial charge is 0.433 e. The van der Waals surface area contributed by atoms with Crippen LogP contribution in [-0.4, -0.2) is 64.1 Å². The van der Waals surface area contributed by atoms with E-state index in [1.807, 2.05) is 29.2 Å². The summed E-state index contributed by atoms with van der Waals surface area (Å²) >= 11 is 0. The topological polar surface area (TPSA) is 134 Å². The highest BCUT2D eigenvalue weighted by Gasteiger charge is 2.34. The average molecular weight is 633 g/mol. The number of benzene rings is 1. The fraction of sp³-hybridized carbons (Fsp3) is 0.312. The Bertz CT molecular complexity index is 1760. The van der Waals surface area contributed by atoms with Crippen molar-refractivity contribution in [3.05, 3.63) is 83.6 Å². The Morgan fingerprint density at radius 3 is 2.48 bits per heavy atom. The van der Waals surface area contributed by atoms with Gasteiger partial charge in [-0.05, 0) is 37.1 Å². The minimum absolute atomic E-state index is 0.0291. The highest BCUT2D eigenvalue weighted by atomic mass is 19.4. The lowest BCUT2D eigenvalue weighted by Crippen LogP contribution is -2.44. The summed E-state index contributed by atoms with van der Waals surface area (Å²) in [5.74, 6) is 0.257. The number of hydrogen-bond acceptors (Lipinski definition) is 9. The van der Waals surface area contributed by atoms with E-state index >= 15 is 0 Å². The van der Waals surface area contributed by atoms with E-state index in [0.29, 0.717) is 42.5 Å². The highest BCUT2D eigenvalue weighted by Crippen LogP contribution is 2.39. The number of ether oxygens (including phenoxy) is 1. The number of pyridine rings is 2. The second-order valence-corrected chi connectivity index (χ2v) is 11.2. The second-order valence-electron chi connectivity index (χ2n) is 11.2. The van der Waals surface area contributed by atoms with Gasteiger partial charge in [-0.3, -0.25) is 19.5 Å². The molecule has 0 atom stereocenters. The summed E-state index contributed by atoms with van der Waals surface area (Å²) in [7, 11) is 3.03. The molecule has 1 aliphatic carbocycles. The number of rotatable bonds is 10. The fourth-order valence-corrected chi connectivity index (χ4v) is 5.28. The Morgan fingerprint density at radius 1 is 1.02 bits per heavy atom. The number of anilines is 3. The molecule has 2 amide bonds. The zero-order valence-corrected chi connectivity index (χ0v) is 25.1. The average Bonchev–Trinajstić information content (AvgIpc) is 3.88. The molecule has 0 unspecified atom stereocenters. The first kappa shape index (κ1) is 30.9. The van der Waals surface area contributed by atoms with Gasteiger partial charge in [-0.2, -0.15) is 13.2 Å². The molecule has 4 heterocycles. The molecule has 4 aromatic rings. The van der Waals surface area contributed by atoms with Gasteiger partial charge in [0, 0.05) is 67.6 Å². The van der Waals surface area contributed by atoms with E-state index in [4.69, 9.17) is 4.74 Å². The van der Waals surface area contributed by atoms with Crippen molar-refractivity contribution in [3.8, 4) is 16.9 Å². The van der Waals surface area contributed by atoms with E-state index in [-0.39, 0.29) is 29.3 Å². The molecule has 3 aromatic heterocycles. The van der Waals surface area contributed by atoms with Gasteiger partial charge in [-0.15, -0.1) is 10.2 Å². The van der Waals surface area contributed by atoms with E-state index < -0.39 is 17.8 Å². The van der Waals surface area contributed by atoms with Gasteiger partial charge in [0.1, 0.15) is 11.4 Å². The van der Waals surface area contributed by atoms with Crippen LogP contribution >= 0.6 is 0 Å². The third-order valence-electron chi connectivity index (χ3n) is 7.88. The van der Waals surface area contributed by atoms with Gasteiger partial charge in [-0.25, -0.2) is 4.98 Å². The van der Waals surface area contributed by atoms with Crippen LogP contribution in [0, 0.1) is 5.92 Å². The monoisotopic (exact) mass is 632 g/mol. The maximum absolute atomic E-state index is 13.0. The van der Waals surface area contributed by atoms with Crippen molar-refractivity contribution in [2.24, 2.45) is 5.92 Å². The first-order valence-corrected chi connectivity index (χ1v) is 14.7. The van der Waals surface area contributed by atoms with Gasteiger partial charge >= 0.3 is 6.18 Å². The minimum atomic E-state index is -4.47. The molecule has 1 saturated heterocycles. The van der Waals surface area contributed by atoms with Crippen molar-refractivity contribution < 1.29 is 27.5 Å². The SMILES string of the molecule is CNC(=O)c1nnc(NC(=O)C2CC2)cc1Nc1cccc(-c2ccc(C3CN(Cc4cccc(C(F)(F)F)n4)C3)nc2)c1OC. The summed E-state index contributed by atoms with van der Waals surface area (Å²) < 4.78 is 44.8. The van der Waals surface area contributed by atoms with E-state index in [9.17, 15) is 22.8 Å². The number of nitrogens with zero attached hydrogens (tertiary/aromatic N) is 5. The van der Waals surface area contributed by atoms with Crippen molar-refractivity contribution >= 4 is 29.0 Å². The number of methoxy groups -OCH3 is 1. The molecule has 46 heavy (non-hydrogen) atoms. The molecule has 3 N–H and O–H groups in total. The van der Waals surface area contributed by atoms with Crippen molar-refractivity contribution in [1.29, 1.82) is 0 Å². The largest absolute Gasteiger partial charge is 0.494 e. The molecule has 0 spiro atoms. The standard InChI is InChI=1S/C32H31F3N8O3/c1-36-31(45)28-25(13-27(41-42-28)40-30(44)18-9-10-18)39-24-7-4-6-22(29(24)46-2)19-11-12-23(37-14-19)20-15-43(16-20)17-21-5-3-8-26(38-21)32(33,34)35/h3-8,11-14,18,20H,9-10,15-17H2,1-2H3,(H,36,45)(H2,39,40,41,44). The number of nitrogens with one attached hydrogen (secondary N) is 3. The number of amides is 2. The fourth-order valence-electron chi connectivity index (χ4n) is 5.28. The number of halogens is 3. The van der Waals surface area contributed by atoms with Gasteiger partial charge in [0.05, 0.1) is 24.2 Å². The molecule has 2 aliphatic rings. The highest BCUT2D eigenvalue weighted by molar-refractivity contribution is 6.00. The summed E-state index contributed by atoms with van der Waals surface area (Å²) in [6.45, 7) is 1.64. The summed E-state index contributed by atoms with van der Waals surface area (Å²) in [4.78, 5) is 35.3. The van der Waals surface area contributed by atoms with E-state index in [1.54, 1.807) is 31.5 Å². The number of carbonyl (C=O) groups excluding carboxylic acids is 2. The lowest BCUT2D eigenvalue weighted by molar-refractivity contribution is -0.141. The zero-order valence-electron chi connectivity index (χ0n) is 25.1. The molecule has 0 radical (unpaired) electrons.